The van der Waals surface area contributed by atoms with E-state index in [1.54, 1.807) is 0 Å². The number of carbonyl (C=O) groups excluding carboxylic acids is 1. The summed E-state index contributed by atoms with van der Waals surface area (Å²) < 4.78 is 18.1. The Morgan fingerprint density at radius 3 is 2.48 bits per heavy atom. The Hall–Kier alpha value is -3.56. The second-order valence-electron chi connectivity index (χ2n) is 10.1. The van der Waals surface area contributed by atoms with Crippen molar-refractivity contribution in [2.45, 2.75) is 45.0 Å². The van der Waals surface area contributed by atoms with E-state index < -0.39 is 12.4 Å². The fourth-order valence-corrected chi connectivity index (χ4v) is 4.73. The lowest BCUT2D eigenvalue weighted by molar-refractivity contribution is -0.275. The number of aromatic nitrogens is 1. The molecule has 0 unspecified atom stereocenters. The van der Waals surface area contributed by atoms with Gasteiger partial charge >= 0.3 is 6.09 Å². The summed E-state index contributed by atoms with van der Waals surface area (Å²) in [5, 5.41) is 12.2. The van der Waals surface area contributed by atoms with Gasteiger partial charge in [0.15, 0.2) is 6.29 Å². The van der Waals surface area contributed by atoms with Gasteiger partial charge in [-0.2, -0.15) is 0 Å². The number of likely N-dealkylation sites (N-methyl/N-ethyl adjacent to an activating group) is 1. The molecule has 1 aliphatic rings. The smallest absolute Gasteiger partial charge is 0.407 e. The molecular formula is C32H39N3O5. The Balaban J connectivity index is 1.46. The lowest BCUT2D eigenvalue weighted by atomic mass is 9.90. The lowest BCUT2D eigenvalue weighted by Crippen LogP contribution is -2.43. The maximum Gasteiger partial charge on any atom is 0.407 e. The van der Waals surface area contributed by atoms with Crippen LogP contribution in [0.5, 0.6) is 0 Å². The molecule has 4 atom stereocenters. The third kappa shape index (κ3) is 8.22. The number of aliphatic hydroxyl groups is 1. The summed E-state index contributed by atoms with van der Waals surface area (Å²) in [6.07, 6.45) is 2.93. The first-order valence-corrected chi connectivity index (χ1v) is 13.7. The van der Waals surface area contributed by atoms with Crippen molar-refractivity contribution in [1.29, 1.82) is 0 Å². The zero-order valence-electron chi connectivity index (χ0n) is 23.2. The van der Waals surface area contributed by atoms with Crippen molar-refractivity contribution < 1.29 is 24.1 Å². The number of nitrogens with one attached hydrogen (secondary N) is 1. The van der Waals surface area contributed by atoms with Crippen LogP contribution in [0.1, 0.15) is 47.3 Å². The van der Waals surface area contributed by atoms with Crippen molar-refractivity contribution in [2.75, 3.05) is 26.7 Å². The molecule has 2 N–H and O–H groups in total. The van der Waals surface area contributed by atoms with Crippen LogP contribution >= 0.6 is 0 Å². The van der Waals surface area contributed by atoms with Gasteiger partial charge in [-0.15, -0.1) is 0 Å². The van der Waals surface area contributed by atoms with Gasteiger partial charge in [0.1, 0.15) is 6.61 Å². The minimum absolute atomic E-state index is 0.00394. The standard InChI is InChI=1S/C32H39N3O5/c1-4-19-38-32(37)34-20-24-8-14-27(15-9-24)31-39-29(21-35(3)18-16-28-7-5-6-17-33-28)23(2)30(40-31)26-12-10-25(22-36)11-13-26/h4-15,17,23,29-31,36H,1,16,18-22H2,2-3H3,(H,34,37)/t23-,29+,30+,31+/m0/s1. The number of carbonyl (C=O) groups is 1. The summed E-state index contributed by atoms with van der Waals surface area (Å²) in [5.41, 5.74) is 4.83. The summed E-state index contributed by atoms with van der Waals surface area (Å²) >= 11 is 0. The molecule has 1 fully saturated rings. The second kappa shape index (κ2) is 14.7. The van der Waals surface area contributed by atoms with E-state index in [0.29, 0.717) is 6.54 Å². The normalized spacial score (nSPS) is 20.7. The summed E-state index contributed by atoms with van der Waals surface area (Å²) in [6.45, 7) is 7.84. The molecule has 8 nitrogen and oxygen atoms in total. The van der Waals surface area contributed by atoms with Gasteiger partial charge in [-0.05, 0) is 35.9 Å². The van der Waals surface area contributed by atoms with Crippen LogP contribution in [-0.2, 0) is 33.8 Å². The average molecular weight is 546 g/mol. The van der Waals surface area contributed by atoms with E-state index in [9.17, 15) is 9.90 Å². The number of ether oxygens (including phenoxy) is 3. The molecule has 212 valence electrons. The molecule has 3 aromatic rings. The number of benzene rings is 2. The molecule has 2 aromatic carbocycles. The summed E-state index contributed by atoms with van der Waals surface area (Å²) in [7, 11) is 2.11. The molecule has 8 heteroatoms. The molecule has 1 aliphatic heterocycles. The molecule has 0 radical (unpaired) electrons. The van der Waals surface area contributed by atoms with Crippen LogP contribution in [0.4, 0.5) is 4.79 Å². The molecule has 0 aliphatic carbocycles. The molecule has 1 aromatic heterocycles. The van der Waals surface area contributed by atoms with Crippen LogP contribution < -0.4 is 5.32 Å². The average Bonchev–Trinajstić information content (AvgIpc) is 3.00. The van der Waals surface area contributed by atoms with Gasteiger partial charge in [-0.1, -0.05) is 74.2 Å². The fourth-order valence-electron chi connectivity index (χ4n) is 4.73. The Morgan fingerprint density at radius 1 is 1.07 bits per heavy atom. The number of amides is 1. The third-order valence-electron chi connectivity index (χ3n) is 7.11. The summed E-state index contributed by atoms with van der Waals surface area (Å²) in [4.78, 5) is 18.5. The number of hydrogen-bond acceptors (Lipinski definition) is 7. The van der Waals surface area contributed by atoms with Crippen LogP contribution in [0.15, 0.2) is 85.6 Å². The lowest BCUT2D eigenvalue weighted by Gasteiger charge is -2.42. The molecule has 1 amide bonds. The van der Waals surface area contributed by atoms with Crippen LogP contribution in [0, 0.1) is 5.92 Å². The van der Waals surface area contributed by atoms with Gasteiger partial charge in [0.2, 0.25) is 0 Å². The first-order chi connectivity index (χ1) is 19.5. The number of nitrogens with zero attached hydrogens (tertiary/aromatic N) is 2. The third-order valence-corrected chi connectivity index (χ3v) is 7.11. The fraction of sp³-hybridized carbons (Fsp3) is 0.375. The molecular weight excluding hydrogens is 506 g/mol. The van der Waals surface area contributed by atoms with Crippen molar-refractivity contribution in [3.63, 3.8) is 0 Å². The van der Waals surface area contributed by atoms with E-state index in [4.69, 9.17) is 14.2 Å². The molecule has 0 saturated carbocycles. The van der Waals surface area contributed by atoms with Crippen LogP contribution in [0.25, 0.3) is 0 Å². The quantitative estimate of drug-likeness (QED) is 0.311. The van der Waals surface area contributed by atoms with E-state index in [-0.39, 0.29) is 31.3 Å². The molecule has 40 heavy (non-hydrogen) atoms. The van der Waals surface area contributed by atoms with Crippen molar-refractivity contribution in [2.24, 2.45) is 5.92 Å². The highest BCUT2D eigenvalue weighted by Crippen LogP contribution is 2.41. The van der Waals surface area contributed by atoms with E-state index in [1.165, 1.54) is 6.08 Å². The van der Waals surface area contributed by atoms with Gasteiger partial charge in [0.25, 0.3) is 0 Å². The number of alkyl carbamates (subject to hydrolysis) is 1. The molecule has 2 heterocycles. The number of aliphatic hydroxyl groups excluding tert-OH is 1. The second-order valence-corrected chi connectivity index (χ2v) is 10.1. The van der Waals surface area contributed by atoms with Gasteiger partial charge in [-0.3, -0.25) is 4.98 Å². The Kier molecular flexibility index (Phi) is 10.8. The SMILES string of the molecule is C=CCOC(=O)NCc1ccc([C@@H]2O[C@H](CN(C)CCc3ccccn3)[C@H](C)[C@H](c3ccc(CO)cc3)O2)cc1. The number of hydrogen-bond donors (Lipinski definition) is 2. The highest BCUT2D eigenvalue weighted by molar-refractivity contribution is 5.67. The number of pyridine rings is 1. The highest BCUT2D eigenvalue weighted by atomic mass is 16.7. The van der Waals surface area contributed by atoms with Crippen molar-refractivity contribution >= 4 is 6.09 Å². The van der Waals surface area contributed by atoms with E-state index >= 15 is 0 Å². The predicted octanol–water partition coefficient (Wildman–Crippen LogP) is 4.95. The maximum absolute atomic E-state index is 11.7. The topological polar surface area (TPSA) is 93.2 Å². The zero-order chi connectivity index (χ0) is 28.3. The maximum atomic E-state index is 11.7. The van der Waals surface area contributed by atoms with Crippen LogP contribution in [0.2, 0.25) is 0 Å². The van der Waals surface area contributed by atoms with Crippen LogP contribution in [-0.4, -0.2) is 53.9 Å². The molecule has 0 bridgehead atoms. The number of rotatable bonds is 12. The van der Waals surface area contributed by atoms with Gasteiger partial charge in [0, 0.05) is 49.4 Å². The van der Waals surface area contributed by atoms with Crippen molar-refractivity contribution in [1.82, 2.24) is 15.2 Å². The first kappa shape index (κ1) is 29.4. The van der Waals surface area contributed by atoms with Gasteiger partial charge in [0.05, 0.1) is 18.8 Å². The zero-order valence-corrected chi connectivity index (χ0v) is 23.2. The minimum Gasteiger partial charge on any atom is -0.445 e. The molecule has 4 rings (SSSR count). The first-order valence-electron chi connectivity index (χ1n) is 13.7. The van der Waals surface area contributed by atoms with Crippen molar-refractivity contribution in [3.05, 3.63) is 114 Å². The van der Waals surface area contributed by atoms with E-state index in [1.807, 2.05) is 72.9 Å². The van der Waals surface area contributed by atoms with Crippen LogP contribution in [0.3, 0.4) is 0 Å². The monoisotopic (exact) mass is 545 g/mol. The Labute approximate surface area is 236 Å². The van der Waals surface area contributed by atoms with E-state index in [0.717, 1.165) is 47.5 Å². The molecule has 0 spiro atoms. The Bertz CT molecular complexity index is 1200. The summed E-state index contributed by atoms with van der Waals surface area (Å²) in [5.74, 6) is 0.0959. The largest absolute Gasteiger partial charge is 0.445 e. The Morgan fingerprint density at radius 2 is 1.80 bits per heavy atom. The van der Waals surface area contributed by atoms with Gasteiger partial charge < -0.3 is 29.5 Å². The van der Waals surface area contributed by atoms with Gasteiger partial charge in [-0.25, -0.2) is 4.79 Å². The predicted molar refractivity (Wildman–Crippen MR) is 153 cm³/mol. The summed E-state index contributed by atoms with van der Waals surface area (Å²) in [6, 6.07) is 21.8. The molecule has 1 saturated heterocycles. The van der Waals surface area contributed by atoms with Crippen molar-refractivity contribution in [3.8, 4) is 0 Å². The highest BCUT2D eigenvalue weighted by Gasteiger charge is 2.38. The van der Waals surface area contributed by atoms with E-state index in [2.05, 4.69) is 35.8 Å². The minimum atomic E-state index is -0.549.